The summed E-state index contributed by atoms with van der Waals surface area (Å²) in [7, 11) is 2.11. The van der Waals surface area contributed by atoms with E-state index in [0.29, 0.717) is 25.4 Å². The number of piperidine rings is 2. The second-order valence-electron chi connectivity index (χ2n) is 9.44. The van der Waals surface area contributed by atoms with Crippen LogP contribution in [0.25, 0.3) is 0 Å². The fraction of sp³-hybridized carbons (Fsp3) is 0.385. The number of pyridine rings is 3. The van der Waals surface area contributed by atoms with Gasteiger partial charge in [0.2, 0.25) is 0 Å². The van der Waals surface area contributed by atoms with Gasteiger partial charge in [-0.1, -0.05) is 18.2 Å². The van der Waals surface area contributed by atoms with Gasteiger partial charge in [-0.05, 0) is 57.3 Å². The van der Waals surface area contributed by atoms with Gasteiger partial charge >= 0.3 is 0 Å². The van der Waals surface area contributed by atoms with Crippen LogP contribution in [0.5, 0.6) is 0 Å². The maximum absolute atomic E-state index is 14.1. The number of aromatic nitrogens is 3. The lowest BCUT2D eigenvalue weighted by molar-refractivity contribution is -0.183. The summed E-state index contributed by atoms with van der Waals surface area (Å²) in [5.74, 6) is 0.130. The number of fused-ring (bicyclic) bond motifs is 2. The van der Waals surface area contributed by atoms with Crippen LogP contribution in [0.2, 0.25) is 0 Å². The number of ketones is 1. The van der Waals surface area contributed by atoms with Crippen LogP contribution >= 0.6 is 0 Å². The van der Waals surface area contributed by atoms with Gasteiger partial charge in [0.1, 0.15) is 5.78 Å². The molecular weight excluding hydrogens is 398 g/mol. The summed E-state index contributed by atoms with van der Waals surface area (Å²) in [4.78, 5) is 33.0. The zero-order valence-corrected chi connectivity index (χ0v) is 18.8. The molecule has 0 spiro atoms. The number of carbonyl (C=O) groups excluding carboxylic acids is 1. The van der Waals surface area contributed by atoms with Gasteiger partial charge in [0.05, 0.1) is 40.0 Å². The van der Waals surface area contributed by atoms with Crippen molar-refractivity contribution in [2.75, 3.05) is 20.1 Å². The van der Waals surface area contributed by atoms with Gasteiger partial charge in [-0.15, -0.1) is 0 Å². The minimum atomic E-state index is -0.643. The normalized spacial score (nSPS) is 30.9. The Labute approximate surface area is 189 Å². The maximum Gasteiger partial charge on any atom is 0.148 e. The molecule has 4 atom stereocenters. The maximum atomic E-state index is 14.1. The third-order valence-corrected chi connectivity index (χ3v) is 7.55. The Morgan fingerprint density at radius 3 is 2.25 bits per heavy atom. The molecule has 6 heteroatoms. The number of nitrogens with zero attached hydrogens (tertiary/aromatic N) is 5. The molecular formula is C26H29N5O. The Morgan fingerprint density at radius 1 is 0.938 bits per heavy atom. The molecule has 5 rings (SSSR count). The highest BCUT2D eigenvalue weighted by molar-refractivity contribution is 5.91. The first-order chi connectivity index (χ1) is 15.4. The summed E-state index contributed by atoms with van der Waals surface area (Å²) in [6.07, 6.45) is 5.47. The number of Topliss-reactive ketones (excluding diaryl/α,β-unsaturated/α-hetero) is 1. The molecule has 3 aromatic rings. The molecule has 0 aliphatic carbocycles. The lowest BCUT2D eigenvalue weighted by Crippen LogP contribution is -2.72. The first kappa shape index (κ1) is 20.9. The fourth-order valence-corrected chi connectivity index (χ4v) is 5.88. The van der Waals surface area contributed by atoms with Gasteiger partial charge in [-0.2, -0.15) is 0 Å². The van der Waals surface area contributed by atoms with Gasteiger partial charge in [-0.3, -0.25) is 24.6 Å². The standard InChI is InChI=1S/C26H29N5O/c1-25-18-30(3)17-20(24(25)32)23(21-11-5-8-14-28-21)31(16-19-10-4-7-13-27-19)26(25,2)22-12-6-9-15-29-22/h4-15,20,23H,16-18H2,1-3H3. The average Bonchev–Trinajstić information content (AvgIpc) is 2.82. The molecule has 0 amide bonds. The topological polar surface area (TPSA) is 62.2 Å². The van der Waals surface area contributed by atoms with Crippen molar-refractivity contribution in [3.05, 3.63) is 90.3 Å². The third-order valence-electron chi connectivity index (χ3n) is 7.55. The van der Waals surface area contributed by atoms with E-state index in [2.05, 4.69) is 41.7 Å². The average molecular weight is 428 g/mol. The second kappa shape index (κ2) is 7.87. The van der Waals surface area contributed by atoms with Crippen LogP contribution in [-0.2, 0) is 16.9 Å². The van der Waals surface area contributed by atoms with Crippen molar-refractivity contribution < 1.29 is 4.79 Å². The highest BCUT2D eigenvalue weighted by atomic mass is 16.1. The van der Waals surface area contributed by atoms with E-state index in [1.165, 1.54) is 0 Å². The molecule has 0 N–H and O–H groups in total. The predicted octanol–water partition coefficient (Wildman–Crippen LogP) is 3.48. The van der Waals surface area contributed by atoms with Crippen molar-refractivity contribution in [2.24, 2.45) is 11.3 Å². The molecule has 6 nitrogen and oxygen atoms in total. The van der Waals surface area contributed by atoms with E-state index in [9.17, 15) is 4.79 Å². The van der Waals surface area contributed by atoms with Gasteiger partial charge < -0.3 is 4.90 Å². The second-order valence-corrected chi connectivity index (χ2v) is 9.44. The summed E-state index contributed by atoms with van der Waals surface area (Å²) in [5, 5.41) is 0. The number of hydrogen-bond donors (Lipinski definition) is 0. The molecule has 164 valence electrons. The van der Waals surface area contributed by atoms with Crippen LogP contribution in [0, 0.1) is 11.3 Å². The minimum absolute atomic E-state index is 0.172. The molecule has 0 saturated carbocycles. The largest absolute Gasteiger partial charge is 0.305 e. The molecule has 5 heterocycles. The molecule has 32 heavy (non-hydrogen) atoms. The van der Waals surface area contributed by atoms with Crippen molar-refractivity contribution in [3.8, 4) is 0 Å². The predicted molar refractivity (Wildman–Crippen MR) is 122 cm³/mol. The number of rotatable bonds is 4. The minimum Gasteiger partial charge on any atom is -0.305 e. The lowest BCUT2D eigenvalue weighted by Gasteiger charge is -2.63. The summed E-state index contributed by atoms with van der Waals surface area (Å²) < 4.78 is 0. The van der Waals surface area contributed by atoms with Crippen LogP contribution in [0.1, 0.15) is 37.0 Å². The number of carbonyl (C=O) groups is 1. The first-order valence-corrected chi connectivity index (χ1v) is 11.2. The van der Waals surface area contributed by atoms with Gasteiger partial charge in [0.15, 0.2) is 0 Å². The van der Waals surface area contributed by atoms with E-state index in [0.717, 1.165) is 17.1 Å². The van der Waals surface area contributed by atoms with Crippen molar-refractivity contribution in [3.63, 3.8) is 0 Å². The molecule has 2 saturated heterocycles. The van der Waals surface area contributed by atoms with Crippen molar-refractivity contribution in [1.82, 2.24) is 24.8 Å². The molecule has 3 aromatic heterocycles. The summed E-state index contributed by atoms with van der Waals surface area (Å²) in [6.45, 7) is 6.31. The summed E-state index contributed by atoms with van der Waals surface area (Å²) >= 11 is 0. The molecule has 0 radical (unpaired) electrons. The van der Waals surface area contributed by atoms with Crippen molar-refractivity contribution in [1.29, 1.82) is 0 Å². The molecule has 2 fully saturated rings. The summed E-state index contributed by atoms with van der Waals surface area (Å²) in [6, 6.07) is 17.8. The Balaban J connectivity index is 1.76. The van der Waals surface area contributed by atoms with E-state index in [1.807, 2.05) is 67.1 Å². The smallest absolute Gasteiger partial charge is 0.148 e. The number of hydrogen-bond acceptors (Lipinski definition) is 6. The van der Waals surface area contributed by atoms with E-state index in [-0.39, 0.29) is 12.0 Å². The van der Waals surface area contributed by atoms with Crippen molar-refractivity contribution in [2.45, 2.75) is 32.0 Å². The van der Waals surface area contributed by atoms with E-state index in [4.69, 9.17) is 9.97 Å². The van der Waals surface area contributed by atoms with Crippen molar-refractivity contribution >= 4 is 5.78 Å². The fourth-order valence-electron chi connectivity index (χ4n) is 5.88. The third kappa shape index (κ3) is 3.09. The van der Waals surface area contributed by atoms with Crippen LogP contribution in [-0.4, -0.2) is 50.7 Å². The molecule has 2 bridgehead atoms. The molecule has 0 aromatic carbocycles. The van der Waals surface area contributed by atoms with Gasteiger partial charge in [-0.25, -0.2) is 0 Å². The van der Waals surface area contributed by atoms with Gasteiger partial charge in [0.25, 0.3) is 0 Å². The first-order valence-electron chi connectivity index (χ1n) is 11.2. The monoisotopic (exact) mass is 427 g/mol. The lowest BCUT2D eigenvalue weighted by atomic mass is 9.56. The zero-order chi connectivity index (χ0) is 22.3. The van der Waals surface area contributed by atoms with Crippen LogP contribution in [0.15, 0.2) is 73.2 Å². The van der Waals surface area contributed by atoms with E-state index in [1.54, 1.807) is 0 Å². The molecule has 2 aliphatic rings. The van der Waals surface area contributed by atoms with Crippen LogP contribution in [0.3, 0.4) is 0 Å². The highest BCUT2D eigenvalue weighted by Gasteiger charge is 2.66. The van der Waals surface area contributed by atoms with E-state index < -0.39 is 11.0 Å². The Kier molecular flexibility index (Phi) is 5.14. The highest BCUT2D eigenvalue weighted by Crippen LogP contribution is 2.58. The van der Waals surface area contributed by atoms with Crippen LogP contribution in [0.4, 0.5) is 0 Å². The Bertz CT molecular complexity index is 1090. The Morgan fingerprint density at radius 2 is 1.62 bits per heavy atom. The zero-order valence-electron chi connectivity index (χ0n) is 18.8. The summed E-state index contributed by atoms with van der Waals surface area (Å²) in [5.41, 5.74) is 1.53. The quantitative estimate of drug-likeness (QED) is 0.635. The van der Waals surface area contributed by atoms with Crippen LogP contribution < -0.4 is 0 Å². The Hall–Kier alpha value is -2.96. The molecule has 4 unspecified atom stereocenters. The SMILES string of the molecule is CN1CC2C(=O)C(C)(C1)C(C)(c1ccccn1)N(Cc1ccccn1)C2c1ccccn1. The molecule has 2 aliphatic heterocycles. The van der Waals surface area contributed by atoms with Gasteiger partial charge in [0, 0.05) is 38.2 Å². The van der Waals surface area contributed by atoms with E-state index >= 15 is 0 Å². The number of likely N-dealkylation sites (tertiary alicyclic amines) is 2.